The average Bonchev–Trinajstić information content (AvgIpc) is 2.90. The van der Waals surface area contributed by atoms with Crippen molar-refractivity contribution in [1.82, 2.24) is 25.2 Å². The van der Waals surface area contributed by atoms with E-state index in [-0.39, 0.29) is 5.91 Å². The molecule has 2 aromatic rings. The largest absolute Gasteiger partial charge is 0.351 e. The number of hydrogen-bond acceptors (Lipinski definition) is 4. The molecule has 2 N–H and O–H groups in total. The second-order valence-corrected chi connectivity index (χ2v) is 6.05. The van der Waals surface area contributed by atoms with Gasteiger partial charge in [-0.15, -0.1) is 0 Å². The van der Waals surface area contributed by atoms with E-state index < -0.39 is 0 Å². The lowest BCUT2D eigenvalue weighted by atomic mass is 9.84. The van der Waals surface area contributed by atoms with Crippen LogP contribution < -0.4 is 5.32 Å². The van der Waals surface area contributed by atoms with E-state index in [2.05, 4.69) is 25.2 Å². The maximum absolute atomic E-state index is 12.2. The molecule has 0 aliphatic carbocycles. The van der Waals surface area contributed by atoms with Crippen molar-refractivity contribution in [2.45, 2.75) is 25.3 Å². The SMILES string of the molecule is O=C(Cc1nc2ncccc2[nH]1)N[C@H]1CN2CCC1CC2. The third-order valence-corrected chi connectivity index (χ3v) is 4.64. The summed E-state index contributed by atoms with van der Waals surface area (Å²) >= 11 is 0. The molecule has 0 spiro atoms. The molecule has 21 heavy (non-hydrogen) atoms. The Morgan fingerprint density at radius 2 is 2.29 bits per heavy atom. The van der Waals surface area contributed by atoms with Crippen LogP contribution in [0.15, 0.2) is 18.3 Å². The molecule has 6 nitrogen and oxygen atoms in total. The minimum atomic E-state index is 0.0489. The highest BCUT2D eigenvalue weighted by Crippen LogP contribution is 2.27. The molecule has 3 aliphatic heterocycles. The summed E-state index contributed by atoms with van der Waals surface area (Å²) < 4.78 is 0. The minimum Gasteiger partial charge on any atom is -0.351 e. The Balaban J connectivity index is 1.41. The van der Waals surface area contributed by atoms with Gasteiger partial charge in [0.05, 0.1) is 11.9 Å². The van der Waals surface area contributed by atoms with Gasteiger partial charge in [0, 0.05) is 18.8 Å². The van der Waals surface area contributed by atoms with Crippen molar-refractivity contribution in [2.75, 3.05) is 19.6 Å². The summed E-state index contributed by atoms with van der Waals surface area (Å²) in [6.07, 6.45) is 4.42. The summed E-state index contributed by atoms with van der Waals surface area (Å²) in [5, 5.41) is 3.18. The number of imidazole rings is 1. The van der Waals surface area contributed by atoms with E-state index in [9.17, 15) is 4.79 Å². The van der Waals surface area contributed by atoms with Gasteiger partial charge < -0.3 is 15.2 Å². The molecular formula is C15H19N5O. The van der Waals surface area contributed by atoms with Crippen LogP contribution in [0.5, 0.6) is 0 Å². The maximum Gasteiger partial charge on any atom is 0.227 e. The Kier molecular flexibility index (Phi) is 3.11. The molecule has 3 saturated heterocycles. The first-order valence-electron chi connectivity index (χ1n) is 7.59. The van der Waals surface area contributed by atoms with Crippen molar-refractivity contribution in [3.05, 3.63) is 24.2 Å². The third kappa shape index (κ3) is 2.51. The van der Waals surface area contributed by atoms with Gasteiger partial charge in [-0.25, -0.2) is 9.97 Å². The van der Waals surface area contributed by atoms with Gasteiger partial charge in [0.25, 0.3) is 0 Å². The third-order valence-electron chi connectivity index (χ3n) is 4.64. The highest BCUT2D eigenvalue weighted by molar-refractivity contribution is 5.79. The van der Waals surface area contributed by atoms with Crippen molar-refractivity contribution in [2.24, 2.45) is 5.92 Å². The fourth-order valence-electron chi connectivity index (χ4n) is 3.52. The quantitative estimate of drug-likeness (QED) is 0.871. The van der Waals surface area contributed by atoms with E-state index in [0.29, 0.717) is 29.9 Å². The first-order chi connectivity index (χ1) is 10.3. The van der Waals surface area contributed by atoms with Crippen LogP contribution in [0.25, 0.3) is 11.2 Å². The highest BCUT2D eigenvalue weighted by atomic mass is 16.1. The number of pyridine rings is 1. The zero-order chi connectivity index (χ0) is 14.2. The van der Waals surface area contributed by atoms with Crippen molar-refractivity contribution in [3.8, 4) is 0 Å². The summed E-state index contributed by atoms with van der Waals surface area (Å²) in [5.74, 6) is 1.38. The van der Waals surface area contributed by atoms with Crippen LogP contribution in [0.1, 0.15) is 18.7 Å². The Morgan fingerprint density at radius 3 is 3.00 bits per heavy atom. The Labute approximate surface area is 123 Å². The molecule has 6 heteroatoms. The summed E-state index contributed by atoms with van der Waals surface area (Å²) in [7, 11) is 0. The number of rotatable bonds is 3. The molecule has 3 aliphatic rings. The van der Waals surface area contributed by atoms with E-state index in [4.69, 9.17) is 0 Å². The molecule has 2 bridgehead atoms. The number of carbonyl (C=O) groups is 1. The van der Waals surface area contributed by atoms with Gasteiger partial charge in [-0.3, -0.25) is 4.79 Å². The molecule has 0 unspecified atom stereocenters. The van der Waals surface area contributed by atoms with Crippen molar-refractivity contribution in [3.63, 3.8) is 0 Å². The first-order valence-corrected chi connectivity index (χ1v) is 7.59. The fourth-order valence-corrected chi connectivity index (χ4v) is 3.52. The molecule has 1 amide bonds. The summed E-state index contributed by atoms with van der Waals surface area (Å²) in [6, 6.07) is 4.09. The molecule has 0 aromatic carbocycles. The maximum atomic E-state index is 12.2. The Morgan fingerprint density at radius 1 is 1.43 bits per heavy atom. The average molecular weight is 285 g/mol. The van der Waals surface area contributed by atoms with E-state index in [0.717, 1.165) is 12.1 Å². The molecule has 5 rings (SSSR count). The number of nitrogens with zero attached hydrogens (tertiary/aromatic N) is 3. The summed E-state index contributed by atoms with van der Waals surface area (Å²) in [5.41, 5.74) is 1.55. The molecular weight excluding hydrogens is 266 g/mol. The van der Waals surface area contributed by atoms with Crippen LogP contribution in [-0.4, -0.2) is 51.4 Å². The van der Waals surface area contributed by atoms with Gasteiger partial charge in [-0.2, -0.15) is 0 Å². The topological polar surface area (TPSA) is 73.9 Å². The van der Waals surface area contributed by atoms with E-state index in [1.807, 2.05) is 12.1 Å². The molecule has 0 radical (unpaired) electrons. The van der Waals surface area contributed by atoms with Gasteiger partial charge in [0.2, 0.25) is 5.91 Å². The number of fused-ring (bicyclic) bond motifs is 4. The van der Waals surface area contributed by atoms with Crippen LogP contribution in [0, 0.1) is 5.92 Å². The van der Waals surface area contributed by atoms with Gasteiger partial charge in [-0.05, 0) is 44.0 Å². The van der Waals surface area contributed by atoms with Crippen LogP contribution in [0.4, 0.5) is 0 Å². The lowest BCUT2D eigenvalue weighted by Gasteiger charge is -2.44. The summed E-state index contributed by atoms with van der Waals surface area (Å²) in [4.78, 5) is 26.3. The molecule has 0 saturated carbocycles. The second-order valence-electron chi connectivity index (χ2n) is 6.05. The van der Waals surface area contributed by atoms with Crippen LogP contribution in [0.3, 0.4) is 0 Å². The second kappa shape index (κ2) is 5.11. The standard InChI is InChI=1S/C15H19N5O/c21-14(18-12-9-20-6-3-10(12)4-7-20)8-13-17-11-2-1-5-16-15(11)19-13/h1-2,5,10,12H,3-4,6-9H2,(H,18,21)(H,16,17,19)/t12-/m0/s1. The lowest BCUT2D eigenvalue weighted by molar-refractivity contribution is -0.122. The monoisotopic (exact) mass is 285 g/mol. The number of amides is 1. The van der Waals surface area contributed by atoms with E-state index in [1.165, 1.54) is 25.9 Å². The van der Waals surface area contributed by atoms with Crippen LogP contribution in [0.2, 0.25) is 0 Å². The first kappa shape index (κ1) is 12.8. The number of piperidine rings is 3. The minimum absolute atomic E-state index is 0.0489. The number of hydrogen-bond donors (Lipinski definition) is 2. The summed E-state index contributed by atoms with van der Waals surface area (Å²) in [6.45, 7) is 3.37. The van der Waals surface area contributed by atoms with E-state index >= 15 is 0 Å². The number of carbonyl (C=O) groups excluding carboxylic acids is 1. The lowest BCUT2D eigenvalue weighted by Crippen LogP contribution is -2.57. The van der Waals surface area contributed by atoms with Crippen molar-refractivity contribution in [1.29, 1.82) is 0 Å². The van der Waals surface area contributed by atoms with E-state index in [1.54, 1.807) is 6.20 Å². The van der Waals surface area contributed by atoms with Gasteiger partial charge >= 0.3 is 0 Å². The molecule has 2 aromatic heterocycles. The highest BCUT2D eigenvalue weighted by Gasteiger charge is 2.34. The number of aromatic amines is 1. The smallest absolute Gasteiger partial charge is 0.227 e. The molecule has 110 valence electrons. The number of nitrogens with one attached hydrogen (secondary N) is 2. The van der Waals surface area contributed by atoms with Crippen molar-refractivity contribution < 1.29 is 4.79 Å². The predicted molar refractivity (Wildman–Crippen MR) is 78.7 cm³/mol. The zero-order valence-electron chi connectivity index (χ0n) is 11.9. The van der Waals surface area contributed by atoms with Gasteiger partial charge in [0.15, 0.2) is 5.65 Å². The van der Waals surface area contributed by atoms with Crippen LogP contribution in [-0.2, 0) is 11.2 Å². The van der Waals surface area contributed by atoms with Crippen molar-refractivity contribution >= 4 is 17.1 Å². The Hall–Kier alpha value is -1.95. The number of aromatic nitrogens is 3. The van der Waals surface area contributed by atoms with Gasteiger partial charge in [-0.1, -0.05) is 0 Å². The zero-order valence-corrected chi connectivity index (χ0v) is 11.9. The fraction of sp³-hybridized carbons (Fsp3) is 0.533. The van der Waals surface area contributed by atoms with Crippen LogP contribution >= 0.6 is 0 Å². The number of H-pyrrole nitrogens is 1. The molecule has 5 heterocycles. The molecule has 1 atom stereocenters. The van der Waals surface area contributed by atoms with Gasteiger partial charge in [0.1, 0.15) is 5.82 Å². The molecule has 3 fully saturated rings. The Bertz CT molecular complexity index is 626. The predicted octanol–water partition coefficient (Wildman–Crippen LogP) is 0.711. The normalized spacial score (nSPS) is 27.9.